The fourth-order valence-corrected chi connectivity index (χ4v) is 2.77. The summed E-state index contributed by atoms with van der Waals surface area (Å²) in [7, 11) is 3.01. The van der Waals surface area contributed by atoms with E-state index in [2.05, 4.69) is 11.4 Å². The van der Waals surface area contributed by atoms with Crippen LogP contribution in [0.4, 0.5) is 0 Å². The van der Waals surface area contributed by atoms with Crippen LogP contribution in [0.15, 0.2) is 18.2 Å². The van der Waals surface area contributed by atoms with Crippen LogP contribution >= 0.6 is 0 Å². The Hall–Kier alpha value is -2.22. The van der Waals surface area contributed by atoms with E-state index in [0.29, 0.717) is 29.9 Å². The van der Waals surface area contributed by atoms with Gasteiger partial charge in [0.05, 0.1) is 20.3 Å². The van der Waals surface area contributed by atoms with Crippen LogP contribution in [0.1, 0.15) is 42.5 Å². The average molecular weight is 288 g/mol. The third kappa shape index (κ3) is 3.10. The zero-order valence-electron chi connectivity index (χ0n) is 12.4. The van der Waals surface area contributed by atoms with Crippen LogP contribution in [-0.2, 0) is 0 Å². The van der Waals surface area contributed by atoms with Gasteiger partial charge in [-0.3, -0.25) is 4.79 Å². The molecule has 1 aliphatic rings. The summed E-state index contributed by atoms with van der Waals surface area (Å²) in [4.78, 5) is 12.6. The smallest absolute Gasteiger partial charge is 0.260 e. The highest BCUT2D eigenvalue weighted by molar-refractivity contribution is 6.00. The molecule has 0 heterocycles. The number of rotatable bonds is 4. The van der Waals surface area contributed by atoms with Crippen LogP contribution < -0.4 is 14.8 Å². The Bertz CT molecular complexity index is 535. The summed E-state index contributed by atoms with van der Waals surface area (Å²) in [6.45, 7) is 0. The number of nitrogens with zero attached hydrogens (tertiary/aromatic N) is 1. The first-order valence-electron chi connectivity index (χ1n) is 7.10. The van der Waals surface area contributed by atoms with Gasteiger partial charge in [0.25, 0.3) is 5.91 Å². The zero-order valence-corrected chi connectivity index (χ0v) is 12.4. The van der Waals surface area contributed by atoms with E-state index in [0.717, 1.165) is 19.3 Å². The highest BCUT2D eigenvalue weighted by Gasteiger charge is 2.35. The molecule has 0 radical (unpaired) electrons. The van der Waals surface area contributed by atoms with Gasteiger partial charge < -0.3 is 14.8 Å². The molecule has 0 aromatic heterocycles. The molecule has 1 aliphatic carbocycles. The number of hydrogen-bond acceptors (Lipinski definition) is 4. The number of nitriles is 1. The van der Waals surface area contributed by atoms with Crippen LogP contribution in [-0.4, -0.2) is 25.7 Å². The van der Waals surface area contributed by atoms with Gasteiger partial charge in [-0.15, -0.1) is 0 Å². The molecule has 1 saturated carbocycles. The van der Waals surface area contributed by atoms with Crippen molar-refractivity contribution in [3.63, 3.8) is 0 Å². The molecule has 5 heteroatoms. The first kappa shape index (κ1) is 15.2. The summed E-state index contributed by atoms with van der Waals surface area (Å²) < 4.78 is 10.5. The van der Waals surface area contributed by atoms with Gasteiger partial charge in [0.2, 0.25) is 0 Å². The van der Waals surface area contributed by atoms with E-state index >= 15 is 0 Å². The third-order valence-electron chi connectivity index (χ3n) is 3.93. The molecule has 0 unspecified atom stereocenters. The van der Waals surface area contributed by atoms with Gasteiger partial charge in [0.15, 0.2) is 0 Å². The predicted molar refractivity (Wildman–Crippen MR) is 78.4 cm³/mol. The van der Waals surface area contributed by atoms with Gasteiger partial charge in [-0.2, -0.15) is 5.26 Å². The molecule has 0 spiro atoms. The Morgan fingerprint density at radius 3 is 2.24 bits per heavy atom. The lowest BCUT2D eigenvalue weighted by atomic mass is 9.82. The number of amides is 1. The van der Waals surface area contributed by atoms with Crippen molar-refractivity contribution in [1.29, 1.82) is 5.26 Å². The minimum atomic E-state index is -0.777. The number of carbonyl (C=O) groups is 1. The molecule has 1 amide bonds. The minimum Gasteiger partial charge on any atom is -0.496 e. The molecule has 1 aromatic carbocycles. The van der Waals surface area contributed by atoms with Crippen LogP contribution in [0.5, 0.6) is 11.5 Å². The molecule has 5 nitrogen and oxygen atoms in total. The number of nitrogens with one attached hydrogen (secondary N) is 1. The lowest BCUT2D eigenvalue weighted by Crippen LogP contribution is -2.48. The van der Waals surface area contributed by atoms with E-state index in [1.165, 1.54) is 14.2 Å². The Balaban J connectivity index is 2.30. The van der Waals surface area contributed by atoms with Gasteiger partial charge >= 0.3 is 0 Å². The van der Waals surface area contributed by atoms with E-state index in [1.54, 1.807) is 18.2 Å². The van der Waals surface area contributed by atoms with Crippen molar-refractivity contribution in [1.82, 2.24) is 5.32 Å². The topological polar surface area (TPSA) is 71.3 Å². The molecule has 1 fully saturated rings. The van der Waals surface area contributed by atoms with Gasteiger partial charge in [-0.25, -0.2) is 0 Å². The van der Waals surface area contributed by atoms with Gasteiger partial charge in [-0.1, -0.05) is 25.3 Å². The second-order valence-corrected chi connectivity index (χ2v) is 5.25. The van der Waals surface area contributed by atoms with Crippen LogP contribution in [0.25, 0.3) is 0 Å². The summed E-state index contributed by atoms with van der Waals surface area (Å²) in [6, 6.07) is 7.45. The van der Waals surface area contributed by atoms with Gasteiger partial charge in [0, 0.05) is 0 Å². The first-order valence-corrected chi connectivity index (χ1v) is 7.10. The molecule has 0 bridgehead atoms. The summed E-state index contributed by atoms with van der Waals surface area (Å²) in [5.41, 5.74) is -0.441. The molecule has 21 heavy (non-hydrogen) atoms. The van der Waals surface area contributed by atoms with Crippen molar-refractivity contribution in [3.8, 4) is 17.6 Å². The number of benzene rings is 1. The number of hydrogen-bond donors (Lipinski definition) is 1. The Kier molecular flexibility index (Phi) is 4.69. The van der Waals surface area contributed by atoms with Crippen molar-refractivity contribution in [3.05, 3.63) is 23.8 Å². The van der Waals surface area contributed by atoms with E-state index in [-0.39, 0.29) is 5.91 Å². The van der Waals surface area contributed by atoms with E-state index in [4.69, 9.17) is 9.47 Å². The second-order valence-electron chi connectivity index (χ2n) is 5.25. The number of carbonyl (C=O) groups excluding carboxylic acids is 1. The first-order chi connectivity index (χ1) is 10.2. The van der Waals surface area contributed by atoms with Crippen LogP contribution in [0.3, 0.4) is 0 Å². The van der Waals surface area contributed by atoms with Crippen molar-refractivity contribution in [2.75, 3.05) is 14.2 Å². The molecule has 112 valence electrons. The van der Waals surface area contributed by atoms with Crippen molar-refractivity contribution < 1.29 is 14.3 Å². The average Bonchev–Trinajstić information content (AvgIpc) is 2.54. The normalized spacial score (nSPS) is 16.6. The highest BCUT2D eigenvalue weighted by Crippen LogP contribution is 2.31. The number of ether oxygens (including phenoxy) is 2. The Morgan fingerprint density at radius 2 is 1.76 bits per heavy atom. The molecule has 1 aromatic rings. The third-order valence-corrected chi connectivity index (χ3v) is 3.93. The SMILES string of the molecule is COc1cccc(OC)c1C(=O)NC1(C#N)CCCCC1. The maximum Gasteiger partial charge on any atom is 0.260 e. The maximum absolute atomic E-state index is 12.6. The molecule has 0 saturated heterocycles. The van der Waals surface area contributed by atoms with Crippen molar-refractivity contribution >= 4 is 5.91 Å². The van der Waals surface area contributed by atoms with Crippen LogP contribution in [0, 0.1) is 11.3 Å². The highest BCUT2D eigenvalue weighted by atomic mass is 16.5. The quantitative estimate of drug-likeness (QED) is 0.924. The molecular weight excluding hydrogens is 268 g/mol. The second kappa shape index (κ2) is 6.49. The molecule has 2 rings (SSSR count). The fourth-order valence-electron chi connectivity index (χ4n) is 2.77. The summed E-state index contributed by atoms with van der Waals surface area (Å²) in [6.07, 6.45) is 4.39. The predicted octanol–water partition coefficient (Wildman–Crippen LogP) is 2.66. The Morgan fingerprint density at radius 1 is 1.19 bits per heavy atom. The lowest BCUT2D eigenvalue weighted by molar-refractivity contribution is 0.0896. The standard InChI is InChI=1S/C16H20N2O3/c1-20-12-7-6-8-13(21-2)14(12)15(19)18-16(11-17)9-4-3-5-10-16/h6-8H,3-5,9-10H2,1-2H3,(H,18,19). The maximum atomic E-state index is 12.6. The van der Waals surface area contributed by atoms with Gasteiger partial charge in [0.1, 0.15) is 22.6 Å². The van der Waals surface area contributed by atoms with E-state index < -0.39 is 5.54 Å². The molecule has 1 N–H and O–H groups in total. The summed E-state index contributed by atoms with van der Waals surface area (Å²) in [5.74, 6) is 0.555. The van der Waals surface area contributed by atoms with Crippen LogP contribution in [0.2, 0.25) is 0 Å². The molecule has 0 atom stereocenters. The van der Waals surface area contributed by atoms with E-state index in [1.807, 2.05) is 0 Å². The van der Waals surface area contributed by atoms with Gasteiger partial charge in [-0.05, 0) is 25.0 Å². The largest absolute Gasteiger partial charge is 0.496 e. The summed E-state index contributed by atoms with van der Waals surface area (Å²) in [5, 5.41) is 12.4. The van der Waals surface area contributed by atoms with Crippen molar-refractivity contribution in [2.45, 2.75) is 37.6 Å². The molecular formula is C16H20N2O3. The summed E-state index contributed by atoms with van der Waals surface area (Å²) >= 11 is 0. The lowest BCUT2D eigenvalue weighted by Gasteiger charge is -2.31. The molecule has 0 aliphatic heterocycles. The minimum absolute atomic E-state index is 0.326. The monoisotopic (exact) mass is 288 g/mol. The zero-order chi connectivity index (χ0) is 15.3. The number of methoxy groups -OCH3 is 2. The fraction of sp³-hybridized carbons (Fsp3) is 0.500. The Labute approximate surface area is 124 Å². The van der Waals surface area contributed by atoms with E-state index in [9.17, 15) is 10.1 Å². The van der Waals surface area contributed by atoms with Crippen molar-refractivity contribution in [2.24, 2.45) is 0 Å².